The quantitative estimate of drug-likeness (QED) is 0.703. The van der Waals surface area contributed by atoms with Gasteiger partial charge in [-0.05, 0) is 43.1 Å². The van der Waals surface area contributed by atoms with Gasteiger partial charge in [0, 0.05) is 11.5 Å². The predicted molar refractivity (Wildman–Crippen MR) is 82.9 cm³/mol. The number of rotatable bonds is 3. The molecule has 1 aromatic rings. The molecular formula is C19H26O. The number of carbonyl (C=O) groups is 1. The lowest BCUT2D eigenvalue weighted by Crippen LogP contribution is -2.31. The molecule has 0 amide bonds. The van der Waals surface area contributed by atoms with Crippen molar-refractivity contribution in [3.05, 3.63) is 35.4 Å². The molecule has 0 aromatic heterocycles. The molecule has 0 heterocycles. The SMILES string of the molecule is CCc1ccc(C(=O)C2CCC3CCCCC3C2)cc1. The second kappa shape index (κ2) is 6.11. The summed E-state index contributed by atoms with van der Waals surface area (Å²) < 4.78 is 0. The van der Waals surface area contributed by atoms with Gasteiger partial charge in [-0.25, -0.2) is 0 Å². The maximum atomic E-state index is 12.7. The molecule has 3 rings (SSSR count). The summed E-state index contributed by atoms with van der Waals surface area (Å²) in [5, 5.41) is 0. The lowest BCUT2D eigenvalue weighted by molar-refractivity contribution is 0.0763. The van der Waals surface area contributed by atoms with Crippen LogP contribution in [0.4, 0.5) is 0 Å². The summed E-state index contributed by atoms with van der Waals surface area (Å²) in [7, 11) is 0. The molecule has 3 atom stereocenters. The molecule has 1 heteroatoms. The van der Waals surface area contributed by atoms with Crippen LogP contribution < -0.4 is 0 Å². The Morgan fingerprint density at radius 3 is 2.40 bits per heavy atom. The highest BCUT2D eigenvalue weighted by Gasteiger charge is 2.35. The molecule has 2 fully saturated rings. The molecule has 0 spiro atoms. The molecule has 20 heavy (non-hydrogen) atoms. The highest BCUT2D eigenvalue weighted by Crippen LogP contribution is 2.43. The number of hydrogen-bond acceptors (Lipinski definition) is 1. The fraction of sp³-hybridized carbons (Fsp3) is 0.632. The van der Waals surface area contributed by atoms with Gasteiger partial charge in [0.15, 0.2) is 5.78 Å². The van der Waals surface area contributed by atoms with Crippen LogP contribution in [0.5, 0.6) is 0 Å². The number of aryl methyl sites for hydroxylation is 1. The predicted octanol–water partition coefficient (Wildman–Crippen LogP) is 5.04. The van der Waals surface area contributed by atoms with E-state index in [4.69, 9.17) is 0 Å². The van der Waals surface area contributed by atoms with Crippen molar-refractivity contribution in [2.24, 2.45) is 17.8 Å². The van der Waals surface area contributed by atoms with Crippen molar-refractivity contribution in [2.75, 3.05) is 0 Å². The van der Waals surface area contributed by atoms with E-state index in [0.29, 0.717) is 11.7 Å². The first-order valence-electron chi connectivity index (χ1n) is 8.41. The lowest BCUT2D eigenvalue weighted by Gasteiger charge is -2.38. The molecule has 0 N–H and O–H groups in total. The topological polar surface area (TPSA) is 17.1 Å². The van der Waals surface area contributed by atoms with Gasteiger partial charge < -0.3 is 0 Å². The Bertz CT molecular complexity index is 459. The molecular weight excluding hydrogens is 244 g/mol. The van der Waals surface area contributed by atoms with E-state index in [9.17, 15) is 4.79 Å². The number of Topliss-reactive ketones (excluding diaryl/α,β-unsaturated/α-hetero) is 1. The van der Waals surface area contributed by atoms with Crippen LogP contribution in [0.25, 0.3) is 0 Å². The average Bonchev–Trinajstić information content (AvgIpc) is 2.54. The van der Waals surface area contributed by atoms with Gasteiger partial charge in [0.2, 0.25) is 0 Å². The van der Waals surface area contributed by atoms with Crippen LogP contribution in [0.3, 0.4) is 0 Å². The van der Waals surface area contributed by atoms with E-state index in [1.165, 1.54) is 37.7 Å². The van der Waals surface area contributed by atoms with Crippen LogP contribution in [0.1, 0.15) is 67.8 Å². The zero-order chi connectivity index (χ0) is 13.9. The van der Waals surface area contributed by atoms with Gasteiger partial charge in [0.05, 0.1) is 0 Å². The minimum atomic E-state index is 0.293. The Balaban J connectivity index is 1.67. The highest BCUT2D eigenvalue weighted by atomic mass is 16.1. The molecule has 1 nitrogen and oxygen atoms in total. The van der Waals surface area contributed by atoms with E-state index in [1.54, 1.807) is 0 Å². The van der Waals surface area contributed by atoms with E-state index in [1.807, 2.05) is 12.1 Å². The van der Waals surface area contributed by atoms with E-state index in [2.05, 4.69) is 19.1 Å². The van der Waals surface area contributed by atoms with Gasteiger partial charge in [-0.15, -0.1) is 0 Å². The average molecular weight is 270 g/mol. The van der Waals surface area contributed by atoms with E-state index < -0.39 is 0 Å². The standard InChI is InChI=1S/C19H26O/c1-2-14-7-9-16(10-8-14)19(20)18-12-11-15-5-3-4-6-17(15)13-18/h7-10,15,17-18H,2-6,11-13H2,1H3. The van der Waals surface area contributed by atoms with Gasteiger partial charge >= 0.3 is 0 Å². The third kappa shape index (κ3) is 2.82. The molecule has 1 aromatic carbocycles. The van der Waals surface area contributed by atoms with E-state index in [-0.39, 0.29) is 0 Å². The highest BCUT2D eigenvalue weighted by molar-refractivity contribution is 5.97. The van der Waals surface area contributed by atoms with Crippen LogP contribution in [0, 0.1) is 17.8 Å². The number of hydrogen-bond donors (Lipinski definition) is 0. The van der Waals surface area contributed by atoms with Crippen LogP contribution >= 0.6 is 0 Å². The number of benzene rings is 1. The summed E-state index contributed by atoms with van der Waals surface area (Å²) in [6.07, 6.45) is 10.2. The summed E-state index contributed by atoms with van der Waals surface area (Å²) in [5.74, 6) is 2.45. The molecule has 0 bridgehead atoms. The van der Waals surface area contributed by atoms with Crippen molar-refractivity contribution >= 4 is 5.78 Å². The molecule has 2 aliphatic rings. The van der Waals surface area contributed by atoms with Crippen molar-refractivity contribution in [1.29, 1.82) is 0 Å². The number of carbonyl (C=O) groups excluding carboxylic acids is 1. The van der Waals surface area contributed by atoms with E-state index in [0.717, 1.165) is 36.7 Å². The van der Waals surface area contributed by atoms with E-state index >= 15 is 0 Å². The van der Waals surface area contributed by atoms with Crippen molar-refractivity contribution < 1.29 is 4.79 Å². The van der Waals surface area contributed by atoms with Crippen LogP contribution in [-0.2, 0) is 6.42 Å². The maximum absolute atomic E-state index is 12.7. The molecule has 0 saturated heterocycles. The largest absolute Gasteiger partial charge is 0.294 e. The third-order valence-electron chi connectivity index (χ3n) is 5.56. The summed E-state index contributed by atoms with van der Waals surface area (Å²) >= 11 is 0. The van der Waals surface area contributed by atoms with Crippen molar-refractivity contribution in [2.45, 2.75) is 58.3 Å². The van der Waals surface area contributed by atoms with Gasteiger partial charge in [-0.2, -0.15) is 0 Å². The Morgan fingerprint density at radius 1 is 1.00 bits per heavy atom. The third-order valence-corrected chi connectivity index (χ3v) is 5.56. The van der Waals surface area contributed by atoms with Gasteiger partial charge in [-0.1, -0.05) is 56.9 Å². The fourth-order valence-corrected chi connectivity index (χ4v) is 4.25. The maximum Gasteiger partial charge on any atom is 0.165 e. The van der Waals surface area contributed by atoms with Crippen LogP contribution in [0.15, 0.2) is 24.3 Å². The Hall–Kier alpha value is -1.11. The first-order chi connectivity index (χ1) is 9.78. The summed E-state index contributed by atoms with van der Waals surface area (Å²) in [6, 6.07) is 8.29. The van der Waals surface area contributed by atoms with Crippen molar-refractivity contribution in [3.63, 3.8) is 0 Å². The normalized spacial score (nSPS) is 29.8. The van der Waals surface area contributed by atoms with Gasteiger partial charge in [0.25, 0.3) is 0 Å². The van der Waals surface area contributed by atoms with Crippen LogP contribution in [0.2, 0.25) is 0 Å². The Morgan fingerprint density at radius 2 is 1.70 bits per heavy atom. The number of fused-ring (bicyclic) bond motifs is 1. The van der Waals surface area contributed by atoms with Gasteiger partial charge in [-0.3, -0.25) is 4.79 Å². The lowest BCUT2D eigenvalue weighted by atomic mass is 9.66. The minimum absolute atomic E-state index is 0.293. The zero-order valence-electron chi connectivity index (χ0n) is 12.6. The monoisotopic (exact) mass is 270 g/mol. The molecule has 108 valence electrons. The zero-order valence-corrected chi connectivity index (χ0v) is 12.6. The van der Waals surface area contributed by atoms with Crippen molar-refractivity contribution in [1.82, 2.24) is 0 Å². The number of ketones is 1. The first-order valence-corrected chi connectivity index (χ1v) is 8.41. The second-order valence-corrected chi connectivity index (χ2v) is 6.73. The first kappa shape index (κ1) is 13.9. The summed E-state index contributed by atoms with van der Waals surface area (Å²) in [5.41, 5.74) is 2.25. The van der Waals surface area contributed by atoms with Crippen molar-refractivity contribution in [3.8, 4) is 0 Å². The molecule has 2 aliphatic carbocycles. The molecule has 0 radical (unpaired) electrons. The summed E-state index contributed by atoms with van der Waals surface area (Å²) in [6.45, 7) is 2.15. The molecule has 3 unspecified atom stereocenters. The molecule has 2 saturated carbocycles. The Kier molecular flexibility index (Phi) is 4.24. The van der Waals surface area contributed by atoms with Crippen LogP contribution in [-0.4, -0.2) is 5.78 Å². The fourth-order valence-electron chi connectivity index (χ4n) is 4.25. The minimum Gasteiger partial charge on any atom is -0.294 e. The van der Waals surface area contributed by atoms with Gasteiger partial charge in [0.1, 0.15) is 0 Å². The molecule has 0 aliphatic heterocycles. The smallest absolute Gasteiger partial charge is 0.165 e. The Labute approximate surface area is 122 Å². The summed E-state index contributed by atoms with van der Waals surface area (Å²) in [4.78, 5) is 12.7. The second-order valence-electron chi connectivity index (χ2n) is 6.73.